The Morgan fingerprint density at radius 3 is 2.31 bits per heavy atom. The van der Waals surface area contributed by atoms with Gasteiger partial charge in [-0.15, -0.1) is 9.06 Å². The molecular formula is C27H37N2O9S+. The van der Waals surface area contributed by atoms with Crippen molar-refractivity contribution in [2.75, 3.05) is 13.7 Å². The molecule has 0 bridgehead atoms. The van der Waals surface area contributed by atoms with Crippen LogP contribution in [0.5, 0.6) is 11.8 Å². The molecule has 1 unspecified atom stereocenters. The molecule has 0 saturated heterocycles. The van der Waals surface area contributed by atoms with Crippen LogP contribution in [-0.4, -0.2) is 56.1 Å². The van der Waals surface area contributed by atoms with Crippen LogP contribution in [0.25, 0.3) is 0 Å². The molecule has 2 aromatic rings. The first-order valence-corrected chi connectivity index (χ1v) is 13.7. The second kappa shape index (κ2) is 14.4. The molecule has 2 heterocycles. The standard InChI is InChI=1S/C27H36N2O9S/c1-19-27(2,16-8-4-6-10-25(32)35-3)21-18-20(39-38-37-34)12-13-22(21)28(19)17-9-5-7-11-26(33)36-29-23(30)14-15-24(29)31/h12-15,18H,4-11,16-17H2,1-3H3,(H2-,30,31,34)/p+1. The maximum atomic E-state index is 12.1. The van der Waals surface area contributed by atoms with Gasteiger partial charge in [0.05, 0.1) is 24.6 Å². The normalized spacial score (nSPS) is 16.4. The molecule has 1 aromatic heterocycles. The highest BCUT2D eigenvalue weighted by Crippen LogP contribution is 2.44. The minimum absolute atomic E-state index is 0.160. The van der Waals surface area contributed by atoms with E-state index >= 15 is 0 Å². The summed E-state index contributed by atoms with van der Waals surface area (Å²) in [6.45, 7) is 5.14. The lowest BCUT2D eigenvalue weighted by Crippen LogP contribution is -2.30. The third kappa shape index (κ3) is 7.75. The molecule has 0 saturated carbocycles. The molecule has 0 amide bonds. The highest BCUT2D eigenvalue weighted by atomic mass is 32.2. The van der Waals surface area contributed by atoms with Gasteiger partial charge < -0.3 is 19.8 Å². The number of carbonyl (C=O) groups excluding carboxylic acids is 2. The molecule has 1 aliphatic rings. The van der Waals surface area contributed by atoms with E-state index in [1.54, 1.807) is 0 Å². The third-order valence-corrected chi connectivity index (χ3v) is 7.83. The number of carbonyl (C=O) groups is 2. The molecule has 1 aliphatic heterocycles. The molecular weight excluding hydrogens is 528 g/mol. The molecule has 3 N–H and O–H groups in total. The first-order chi connectivity index (χ1) is 18.7. The van der Waals surface area contributed by atoms with Gasteiger partial charge in [0.15, 0.2) is 5.71 Å². The number of fused-ring (bicyclic) bond motifs is 1. The fraction of sp³-hybridized carbons (Fsp3) is 0.519. The van der Waals surface area contributed by atoms with E-state index < -0.39 is 5.97 Å². The number of hydrogen-bond acceptors (Lipinski definition) is 10. The summed E-state index contributed by atoms with van der Waals surface area (Å²) >= 11 is 0.929. The number of methoxy groups -OCH3 is 1. The maximum Gasteiger partial charge on any atom is 0.333 e. The van der Waals surface area contributed by atoms with Crippen molar-refractivity contribution >= 4 is 35.4 Å². The highest BCUT2D eigenvalue weighted by Gasteiger charge is 2.46. The van der Waals surface area contributed by atoms with Gasteiger partial charge in [-0.1, -0.05) is 17.9 Å². The van der Waals surface area contributed by atoms with Crippen LogP contribution in [-0.2, 0) is 29.1 Å². The predicted molar refractivity (Wildman–Crippen MR) is 143 cm³/mol. The van der Waals surface area contributed by atoms with Gasteiger partial charge in [0.2, 0.25) is 17.4 Å². The van der Waals surface area contributed by atoms with Gasteiger partial charge in [-0.25, -0.2) is 10.1 Å². The second-order valence-electron chi connectivity index (χ2n) is 9.73. The minimum Gasteiger partial charge on any atom is -0.492 e. The molecule has 0 spiro atoms. The number of hydrogen-bond donors (Lipinski definition) is 3. The third-order valence-electron chi connectivity index (χ3n) is 7.26. The smallest absolute Gasteiger partial charge is 0.333 e. The number of benzene rings is 1. The molecule has 11 nitrogen and oxygen atoms in total. The van der Waals surface area contributed by atoms with Crippen molar-refractivity contribution in [1.29, 1.82) is 0 Å². The fourth-order valence-electron chi connectivity index (χ4n) is 4.96. The molecule has 0 fully saturated rings. The quantitative estimate of drug-likeness (QED) is 0.0633. The first-order valence-electron chi connectivity index (χ1n) is 13.0. The lowest BCUT2D eigenvalue weighted by molar-refractivity contribution is -0.439. The Bertz CT molecular complexity index is 1160. The van der Waals surface area contributed by atoms with Crippen molar-refractivity contribution in [3.05, 3.63) is 35.9 Å². The van der Waals surface area contributed by atoms with Gasteiger partial charge in [0, 0.05) is 54.8 Å². The predicted octanol–water partition coefficient (Wildman–Crippen LogP) is 5.04. The van der Waals surface area contributed by atoms with Crippen LogP contribution < -0.4 is 4.84 Å². The molecule has 1 atom stereocenters. The van der Waals surface area contributed by atoms with E-state index in [0.717, 1.165) is 73.3 Å². The number of nitrogens with zero attached hydrogens (tertiary/aromatic N) is 2. The van der Waals surface area contributed by atoms with Gasteiger partial charge in [-0.05, 0) is 44.7 Å². The molecule has 12 heteroatoms. The largest absolute Gasteiger partial charge is 0.492 e. The van der Waals surface area contributed by atoms with Crippen molar-refractivity contribution in [3.8, 4) is 11.8 Å². The zero-order chi connectivity index (χ0) is 28.4. The van der Waals surface area contributed by atoms with Crippen LogP contribution in [0.15, 0.2) is 35.2 Å². The Morgan fingerprint density at radius 2 is 1.64 bits per heavy atom. The van der Waals surface area contributed by atoms with Crippen molar-refractivity contribution in [2.45, 2.75) is 81.9 Å². The Kier molecular flexibility index (Phi) is 11.2. The molecule has 0 radical (unpaired) electrons. The van der Waals surface area contributed by atoms with Crippen LogP contribution in [0.4, 0.5) is 5.69 Å². The fourth-order valence-corrected chi connectivity index (χ4v) is 5.36. The SMILES string of the molecule is COC(=O)CCCCCC1(C)C(C)=[N+](CCCCCC(=O)On2c(O)ccc2O)c2ccc(SOOO)cc21. The van der Waals surface area contributed by atoms with Gasteiger partial charge in [0.25, 0.3) is 0 Å². The summed E-state index contributed by atoms with van der Waals surface area (Å²) < 4.78 is 12.4. The average Bonchev–Trinajstić information content (AvgIpc) is 3.34. The van der Waals surface area contributed by atoms with E-state index in [1.165, 1.54) is 25.0 Å². The van der Waals surface area contributed by atoms with Crippen molar-refractivity contribution < 1.29 is 48.6 Å². The Labute approximate surface area is 232 Å². The lowest BCUT2D eigenvalue weighted by Gasteiger charge is -2.22. The summed E-state index contributed by atoms with van der Waals surface area (Å²) in [6, 6.07) is 8.48. The van der Waals surface area contributed by atoms with Gasteiger partial charge in [0.1, 0.15) is 6.54 Å². The Morgan fingerprint density at radius 1 is 0.974 bits per heavy atom. The molecule has 0 aliphatic carbocycles. The topological polar surface area (TPSA) is 140 Å². The molecule has 3 rings (SSSR count). The van der Waals surface area contributed by atoms with Crippen LogP contribution in [0, 0.1) is 0 Å². The van der Waals surface area contributed by atoms with E-state index in [2.05, 4.69) is 33.9 Å². The average molecular weight is 566 g/mol. The maximum absolute atomic E-state index is 12.1. The van der Waals surface area contributed by atoms with Gasteiger partial charge in [-0.2, -0.15) is 4.58 Å². The summed E-state index contributed by atoms with van der Waals surface area (Å²) in [5.74, 6) is -1.42. The van der Waals surface area contributed by atoms with Crippen LogP contribution >= 0.6 is 12.0 Å². The van der Waals surface area contributed by atoms with Crippen molar-refractivity contribution in [1.82, 2.24) is 4.73 Å². The van der Waals surface area contributed by atoms with E-state index in [1.807, 2.05) is 12.1 Å². The summed E-state index contributed by atoms with van der Waals surface area (Å²) in [4.78, 5) is 29.3. The lowest BCUT2D eigenvalue weighted by atomic mass is 9.76. The molecule has 1 aromatic carbocycles. The van der Waals surface area contributed by atoms with Crippen LogP contribution in [0.2, 0.25) is 0 Å². The van der Waals surface area contributed by atoms with Gasteiger partial charge in [-0.3, -0.25) is 4.79 Å². The summed E-state index contributed by atoms with van der Waals surface area (Å²) in [5.41, 5.74) is 3.28. The number of aromatic hydroxyl groups is 2. The van der Waals surface area contributed by atoms with Crippen molar-refractivity contribution in [3.63, 3.8) is 0 Å². The summed E-state index contributed by atoms with van der Waals surface area (Å²) in [6.07, 6.45) is 6.36. The zero-order valence-electron chi connectivity index (χ0n) is 22.6. The van der Waals surface area contributed by atoms with Gasteiger partial charge >= 0.3 is 11.9 Å². The van der Waals surface area contributed by atoms with E-state index in [0.29, 0.717) is 17.6 Å². The minimum atomic E-state index is -0.537. The summed E-state index contributed by atoms with van der Waals surface area (Å²) in [7, 11) is 1.40. The highest BCUT2D eigenvalue weighted by molar-refractivity contribution is 7.94. The second-order valence-corrected chi connectivity index (χ2v) is 10.5. The number of unbranched alkanes of at least 4 members (excludes halogenated alkanes) is 4. The molecule has 39 heavy (non-hydrogen) atoms. The number of aromatic nitrogens is 1. The van der Waals surface area contributed by atoms with E-state index in [-0.39, 0.29) is 29.6 Å². The number of ether oxygens (including phenoxy) is 1. The van der Waals surface area contributed by atoms with Crippen LogP contribution in [0.1, 0.15) is 77.2 Å². The van der Waals surface area contributed by atoms with E-state index in [9.17, 15) is 19.8 Å². The zero-order valence-corrected chi connectivity index (χ0v) is 23.4. The number of rotatable bonds is 16. The molecule has 214 valence electrons. The van der Waals surface area contributed by atoms with E-state index in [4.69, 9.17) is 14.8 Å². The van der Waals surface area contributed by atoms with Crippen LogP contribution in [0.3, 0.4) is 0 Å². The summed E-state index contributed by atoms with van der Waals surface area (Å²) in [5, 5.41) is 31.5. The monoisotopic (exact) mass is 565 g/mol. The Balaban J connectivity index is 1.61. The Hall–Kier alpha value is -3.06. The first kappa shape index (κ1) is 30.5. The number of esters is 1. The van der Waals surface area contributed by atoms with Crippen molar-refractivity contribution in [2.24, 2.45) is 0 Å².